The van der Waals surface area contributed by atoms with Crippen molar-refractivity contribution in [3.05, 3.63) is 60.4 Å². The molecule has 0 bridgehead atoms. The van der Waals surface area contributed by atoms with Crippen molar-refractivity contribution >= 4 is 29.9 Å². The van der Waals surface area contributed by atoms with Crippen molar-refractivity contribution in [2.75, 3.05) is 25.2 Å². The summed E-state index contributed by atoms with van der Waals surface area (Å²) in [4.78, 5) is 34.4. The molecule has 0 radical (unpaired) electrons. The lowest BCUT2D eigenvalue weighted by molar-refractivity contribution is -0.141. The Morgan fingerprint density at radius 2 is 2.04 bits per heavy atom. The van der Waals surface area contributed by atoms with E-state index >= 15 is 0 Å². The maximum absolute atomic E-state index is 12.7. The van der Waals surface area contributed by atoms with Crippen LogP contribution in [0.3, 0.4) is 0 Å². The number of hydrogen-bond acceptors (Lipinski definition) is 6. The number of amides is 1. The highest BCUT2D eigenvalue weighted by Crippen LogP contribution is 2.13. The lowest BCUT2D eigenvalue weighted by Crippen LogP contribution is -2.47. The van der Waals surface area contributed by atoms with Gasteiger partial charge in [0.25, 0.3) is 0 Å². The summed E-state index contributed by atoms with van der Waals surface area (Å²) in [7, 11) is 0. The van der Waals surface area contributed by atoms with Gasteiger partial charge in [-0.3, -0.25) is 14.9 Å². The first kappa shape index (κ1) is 22.5. The fourth-order valence-corrected chi connectivity index (χ4v) is 2.78. The third kappa shape index (κ3) is 8.10. The number of carbonyl (C=O) groups excluding carboxylic acids is 2. The average Bonchev–Trinajstić information content (AvgIpc) is 2.67. The van der Waals surface area contributed by atoms with E-state index in [1.54, 1.807) is 30.5 Å². The van der Waals surface area contributed by atoms with Crippen molar-refractivity contribution < 1.29 is 24.2 Å². The fourth-order valence-electron chi connectivity index (χ4n) is 2.22. The van der Waals surface area contributed by atoms with Crippen LogP contribution in [-0.2, 0) is 19.1 Å². The minimum absolute atomic E-state index is 0.204. The molecule has 0 heterocycles. The zero-order chi connectivity index (χ0) is 20.1. The fraction of sp³-hybridized carbons (Fsp3) is 0.316. The van der Waals surface area contributed by atoms with Crippen LogP contribution >= 0.6 is 11.8 Å². The number of aliphatic carboxylic acids is 1. The Morgan fingerprint density at radius 1 is 1.33 bits per heavy atom. The van der Waals surface area contributed by atoms with Gasteiger partial charge in [0, 0.05) is 18.4 Å². The van der Waals surface area contributed by atoms with Gasteiger partial charge in [-0.05, 0) is 17.9 Å². The number of carboxylic acids is 1. The molecule has 1 aromatic rings. The predicted molar refractivity (Wildman–Crippen MR) is 105 cm³/mol. The molecule has 0 aliphatic heterocycles. The highest BCUT2D eigenvalue weighted by molar-refractivity contribution is 7.98. The number of carboxylic acid groups (broad SMARTS) is 1. The number of aldehydes is 1. The lowest BCUT2D eigenvalue weighted by atomic mass is 10.1. The summed E-state index contributed by atoms with van der Waals surface area (Å²) in [5.74, 6) is -0.916. The van der Waals surface area contributed by atoms with E-state index in [0.717, 1.165) is 0 Å². The van der Waals surface area contributed by atoms with Crippen LogP contribution in [-0.4, -0.2) is 54.5 Å². The molecule has 2 atom stereocenters. The number of allylic oxidation sites excluding steroid dienone is 2. The van der Waals surface area contributed by atoms with Gasteiger partial charge in [0.2, 0.25) is 5.91 Å². The quantitative estimate of drug-likeness (QED) is 0.154. The Labute approximate surface area is 162 Å². The molecule has 1 rings (SSSR count). The van der Waals surface area contributed by atoms with Gasteiger partial charge in [-0.25, -0.2) is 4.79 Å². The topological polar surface area (TPSA) is 105 Å². The minimum Gasteiger partial charge on any atom is -0.492 e. The maximum atomic E-state index is 12.7. The summed E-state index contributed by atoms with van der Waals surface area (Å²) >= 11 is 1.34. The summed E-state index contributed by atoms with van der Waals surface area (Å²) in [5.41, 5.74) is 0.704. The smallest absolute Gasteiger partial charge is 0.327 e. The van der Waals surface area contributed by atoms with Gasteiger partial charge in [0.1, 0.15) is 30.7 Å². The van der Waals surface area contributed by atoms with Gasteiger partial charge in [0.05, 0.1) is 0 Å². The maximum Gasteiger partial charge on any atom is 0.327 e. The van der Waals surface area contributed by atoms with Gasteiger partial charge < -0.3 is 15.2 Å². The second kappa shape index (κ2) is 12.7. The number of carbonyl (C=O) groups is 3. The summed E-state index contributed by atoms with van der Waals surface area (Å²) in [5, 5.41) is 14.9. The molecule has 1 amide bonds. The summed E-state index contributed by atoms with van der Waals surface area (Å²) in [6.45, 7) is 4.05. The first-order valence-corrected chi connectivity index (χ1v) is 9.64. The standard InChI is InChI=1S/C19H24N2O5S/c1-3-15(9-11-22)26-12-10-20-17(14-7-5-4-6-8-14)18(23)21-16(13-27-2)19(24)25/h3-9,11,16-17,20H,1,10,12-13H2,2H3,(H,21,23)(H,24,25)/b15-9+/t16-,17+/m0/s1. The second-order valence-corrected chi connectivity index (χ2v) is 6.32. The molecule has 8 heteroatoms. The van der Waals surface area contributed by atoms with Gasteiger partial charge in [-0.15, -0.1) is 0 Å². The first-order chi connectivity index (χ1) is 13.0. The van der Waals surface area contributed by atoms with E-state index in [9.17, 15) is 19.5 Å². The van der Waals surface area contributed by atoms with Gasteiger partial charge in [-0.1, -0.05) is 36.9 Å². The average molecular weight is 392 g/mol. The number of rotatable bonds is 13. The van der Waals surface area contributed by atoms with E-state index in [0.29, 0.717) is 24.2 Å². The molecule has 0 unspecified atom stereocenters. The molecule has 0 saturated carbocycles. The Balaban J connectivity index is 2.78. The Hall–Kier alpha value is -2.58. The zero-order valence-corrected chi connectivity index (χ0v) is 15.9. The van der Waals surface area contributed by atoms with Gasteiger partial charge in [0.15, 0.2) is 0 Å². The molecule has 3 N–H and O–H groups in total. The van der Waals surface area contributed by atoms with Crippen LogP contribution in [0.15, 0.2) is 54.8 Å². The molecule has 27 heavy (non-hydrogen) atoms. The van der Waals surface area contributed by atoms with Crippen molar-refractivity contribution in [3.63, 3.8) is 0 Å². The largest absolute Gasteiger partial charge is 0.492 e. The summed E-state index contributed by atoms with van der Waals surface area (Å²) in [6.07, 6.45) is 5.03. The zero-order valence-electron chi connectivity index (χ0n) is 15.1. The van der Waals surface area contributed by atoms with E-state index in [1.807, 2.05) is 6.07 Å². The van der Waals surface area contributed by atoms with Crippen LogP contribution in [0.25, 0.3) is 0 Å². The van der Waals surface area contributed by atoms with Crippen LogP contribution in [0.4, 0.5) is 0 Å². The van der Waals surface area contributed by atoms with Gasteiger partial charge in [-0.2, -0.15) is 11.8 Å². The van der Waals surface area contributed by atoms with Crippen LogP contribution in [0.2, 0.25) is 0 Å². The number of benzene rings is 1. The highest BCUT2D eigenvalue weighted by atomic mass is 32.2. The van der Waals surface area contributed by atoms with Crippen molar-refractivity contribution in [1.29, 1.82) is 0 Å². The van der Waals surface area contributed by atoms with Crippen molar-refractivity contribution in [3.8, 4) is 0 Å². The molecule has 0 aromatic heterocycles. The number of nitrogens with one attached hydrogen (secondary N) is 2. The molecule has 0 spiro atoms. The molecule has 146 valence electrons. The van der Waals surface area contributed by atoms with E-state index in [2.05, 4.69) is 17.2 Å². The molecular weight excluding hydrogens is 368 g/mol. The second-order valence-electron chi connectivity index (χ2n) is 5.41. The number of ether oxygens (including phenoxy) is 1. The van der Waals surface area contributed by atoms with Crippen LogP contribution in [0, 0.1) is 0 Å². The summed E-state index contributed by atoms with van der Waals surface area (Å²) in [6, 6.07) is 7.28. The number of thioether (sulfide) groups is 1. The third-order valence-electron chi connectivity index (χ3n) is 3.50. The highest BCUT2D eigenvalue weighted by Gasteiger charge is 2.25. The summed E-state index contributed by atoms with van der Waals surface area (Å²) < 4.78 is 5.38. The molecule has 7 nitrogen and oxygen atoms in total. The molecule has 0 saturated heterocycles. The first-order valence-electron chi connectivity index (χ1n) is 8.24. The molecule has 1 aromatic carbocycles. The lowest BCUT2D eigenvalue weighted by Gasteiger charge is -2.21. The molecular formula is C19H24N2O5S. The van der Waals surface area contributed by atoms with Crippen molar-refractivity contribution in [2.24, 2.45) is 0 Å². The molecule has 0 aliphatic rings. The van der Waals surface area contributed by atoms with Crippen LogP contribution < -0.4 is 10.6 Å². The Kier molecular flexibility index (Phi) is 10.6. The van der Waals surface area contributed by atoms with Crippen molar-refractivity contribution in [1.82, 2.24) is 10.6 Å². The van der Waals surface area contributed by atoms with E-state index in [1.165, 1.54) is 23.9 Å². The normalized spacial score (nSPS) is 13.3. The van der Waals surface area contributed by atoms with Crippen LogP contribution in [0.1, 0.15) is 11.6 Å². The predicted octanol–water partition coefficient (Wildman–Crippen LogP) is 1.54. The van der Waals surface area contributed by atoms with Gasteiger partial charge >= 0.3 is 5.97 Å². The Bertz CT molecular complexity index is 663. The number of hydrogen-bond donors (Lipinski definition) is 3. The monoisotopic (exact) mass is 392 g/mol. The van der Waals surface area contributed by atoms with E-state index in [-0.39, 0.29) is 12.4 Å². The van der Waals surface area contributed by atoms with E-state index < -0.39 is 24.0 Å². The van der Waals surface area contributed by atoms with Crippen LogP contribution in [0.5, 0.6) is 0 Å². The molecule has 0 fully saturated rings. The molecule has 0 aliphatic carbocycles. The third-order valence-corrected chi connectivity index (χ3v) is 4.16. The van der Waals surface area contributed by atoms with Crippen molar-refractivity contribution in [2.45, 2.75) is 12.1 Å². The minimum atomic E-state index is -1.08. The Morgan fingerprint density at radius 3 is 2.59 bits per heavy atom. The van der Waals surface area contributed by atoms with E-state index in [4.69, 9.17) is 4.74 Å². The SMILES string of the molecule is C=C/C(=C\C=O)OCCN[C@@H](C(=O)N[C@@H](CSC)C(=O)O)c1ccccc1.